The maximum Gasteiger partial charge on any atom is 0.313 e. The third kappa shape index (κ3) is 5.44. The molecule has 0 unspecified atom stereocenters. The maximum atomic E-state index is 12.2. The summed E-state index contributed by atoms with van der Waals surface area (Å²) >= 11 is 0. The van der Waals surface area contributed by atoms with Crippen LogP contribution in [-0.4, -0.2) is 23.8 Å². The largest absolute Gasteiger partial charge is 0.350 e. The Balaban J connectivity index is 2.00. The van der Waals surface area contributed by atoms with Crippen molar-refractivity contribution in [2.75, 3.05) is 5.32 Å². The van der Waals surface area contributed by atoms with Crippen molar-refractivity contribution in [3.05, 3.63) is 65.2 Å². The normalized spacial score (nSPS) is 10.3. The molecule has 6 heteroatoms. The average molecular weight is 353 g/mol. The first-order valence-electron chi connectivity index (χ1n) is 8.41. The van der Waals surface area contributed by atoms with Gasteiger partial charge in [0.2, 0.25) is 0 Å². The van der Waals surface area contributed by atoms with Gasteiger partial charge in [-0.15, -0.1) is 0 Å². The lowest BCUT2D eigenvalue weighted by molar-refractivity contribution is -0.136. The van der Waals surface area contributed by atoms with Crippen LogP contribution in [-0.2, 0) is 16.1 Å². The highest BCUT2D eigenvalue weighted by molar-refractivity contribution is 6.40. The van der Waals surface area contributed by atoms with E-state index < -0.39 is 11.8 Å². The van der Waals surface area contributed by atoms with Crippen LogP contribution in [0.3, 0.4) is 0 Å². The van der Waals surface area contributed by atoms with Gasteiger partial charge in [0.25, 0.3) is 5.91 Å². The molecule has 0 spiro atoms. The molecule has 3 N–H and O–H groups in total. The van der Waals surface area contributed by atoms with Crippen molar-refractivity contribution in [3.63, 3.8) is 0 Å². The lowest BCUT2D eigenvalue weighted by Crippen LogP contribution is -2.36. The van der Waals surface area contributed by atoms with Gasteiger partial charge in [0, 0.05) is 12.6 Å². The number of aryl methyl sites for hydroxylation is 1. The first-order chi connectivity index (χ1) is 12.4. The minimum atomic E-state index is -0.817. The molecule has 2 aromatic carbocycles. The van der Waals surface area contributed by atoms with Gasteiger partial charge in [-0.3, -0.25) is 14.4 Å². The lowest BCUT2D eigenvalue weighted by Gasteiger charge is -2.13. The van der Waals surface area contributed by atoms with E-state index >= 15 is 0 Å². The fourth-order valence-corrected chi connectivity index (χ4v) is 2.39. The summed E-state index contributed by atoms with van der Waals surface area (Å²) in [5, 5.41) is 7.84. The maximum absolute atomic E-state index is 12.2. The Morgan fingerprint density at radius 2 is 1.69 bits per heavy atom. The molecule has 2 rings (SSSR count). The molecule has 0 heterocycles. The monoisotopic (exact) mass is 353 g/mol. The smallest absolute Gasteiger partial charge is 0.313 e. The summed E-state index contributed by atoms with van der Waals surface area (Å²) in [4.78, 5) is 36.4. The van der Waals surface area contributed by atoms with Gasteiger partial charge in [-0.2, -0.15) is 0 Å². The zero-order valence-electron chi connectivity index (χ0n) is 15.1. The van der Waals surface area contributed by atoms with E-state index in [1.165, 1.54) is 0 Å². The van der Waals surface area contributed by atoms with Crippen LogP contribution < -0.4 is 16.0 Å². The number of rotatable bonds is 5. The molecule has 0 radical (unpaired) electrons. The fraction of sp³-hybridized carbons (Fsp3) is 0.250. The molecule has 0 aliphatic heterocycles. The van der Waals surface area contributed by atoms with E-state index in [2.05, 4.69) is 16.0 Å². The van der Waals surface area contributed by atoms with Crippen LogP contribution in [0.15, 0.2) is 48.5 Å². The molecule has 0 aliphatic rings. The summed E-state index contributed by atoms with van der Waals surface area (Å²) in [6, 6.07) is 14.2. The second kappa shape index (κ2) is 8.80. The molecule has 0 aromatic heterocycles. The van der Waals surface area contributed by atoms with Crippen molar-refractivity contribution in [2.24, 2.45) is 0 Å². The molecule has 26 heavy (non-hydrogen) atoms. The Bertz CT molecular complexity index is 815. The van der Waals surface area contributed by atoms with Crippen LogP contribution in [0.4, 0.5) is 5.69 Å². The molecule has 0 saturated heterocycles. The van der Waals surface area contributed by atoms with Gasteiger partial charge in [-0.05, 0) is 38.5 Å². The highest BCUT2D eigenvalue weighted by atomic mass is 16.2. The Morgan fingerprint density at radius 3 is 2.38 bits per heavy atom. The Hall–Kier alpha value is -3.15. The molecule has 136 valence electrons. The second-order valence-corrected chi connectivity index (χ2v) is 6.30. The van der Waals surface area contributed by atoms with Crippen LogP contribution in [0.1, 0.15) is 35.3 Å². The summed E-state index contributed by atoms with van der Waals surface area (Å²) < 4.78 is 0. The molecule has 0 fully saturated rings. The quantitative estimate of drug-likeness (QED) is 0.721. The third-order valence-corrected chi connectivity index (χ3v) is 3.58. The number of nitrogens with one attached hydrogen (secondary N) is 3. The number of carbonyl (C=O) groups is 3. The second-order valence-electron chi connectivity index (χ2n) is 6.30. The molecule has 0 bridgehead atoms. The third-order valence-electron chi connectivity index (χ3n) is 3.58. The highest BCUT2D eigenvalue weighted by Gasteiger charge is 2.18. The summed E-state index contributed by atoms with van der Waals surface area (Å²) in [5.41, 5.74) is 2.58. The molecule has 0 atom stereocenters. The van der Waals surface area contributed by atoms with Crippen molar-refractivity contribution in [1.29, 1.82) is 0 Å². The van der Waals surface area contributed by atoms with Crippen molar-refractivity contribution < 1.29 is 14.4 Å². The van der Waals surface area contributed by atoms with E-state index in [1.807, 2.05) is 45.0 Å². The van der Waals surface area contributed by atoms with Gasteiger partial charge in [0.15, 0.2) is 0 Å². The van der Waals surface area contributed by atoms with E-state index in [-0.39, 0.29) is 18.5 Å². The topological polar surface area (TPSA) is 87.3 Å². The molecule has 0 saturated carbocycles. The zero-order valence-corrected chi connectivity index (χ0v) is 15.1. The lowest BCUT2D eigenvalue weighted by atomic mass is 10.1. The molecular formula is C20H23N3O3. The van der Waals surface area contributed by atoms with Crippen molar-refractivity contribution in [3.8, 4) is 0 Å². The van der Waals surface area contributed by atoms with Crippen molar-refractivity contribution >= 4 is 23.4 Å². The first-order valence-corrected chi connectivity index (χ1v) is 8.41. The Labute approximate surface area is 153 Å². The van der Waals surface area contributed by atoms with Crippen LogP contribution in [0.5, 0.6) is 0 Å². The number of para-hydroxylation sites is 1. The number of anilines is 1. The van der Waals surface area contributed by atoms with Gasteiger partial charge in [-0.25, -0.2) is 0 Å². The molecule has 6 nitrogen and oxygen atoms in total. The van der Waals surface area contributed by atoms with E-state index in [0.717, 1.165) is 11.1 Å². The SMILES string of the molecule is Cc1cccc(CNC(=O)C(=O)Nc2ccccc2C(=O)NC(C)C)c1. The van der Waals surface area contributed by atoms with Crippen LogP contribution >= 0.6 is 0 Å². The molecule has 2 aromatic rings. The first kappa shape index (κ1) is 19.2. The fourth-order valence-electron chi connectivity index (χ4n) is 2.39. The Morgan fingerprint density at radius 1 is 0.962 bits per heavy atom. The van der Waals surface area contributed by atoms with Crippen LogP contribution in [0.25, 0.3) is 0 Å². The van der Waals surface area contributed by atoms with Gasteiger partial charge in [0.1, 0.15) is 0 Å². The van der Waals surface area contributed by atoms with E-state index in [1.54, 1.807) is 24.3 Å². The highest BCUT2D eigenvalue weighted by Crippen LogP contribution is 2.15. The van der Waals surface area contributed by atoms with E-state index in [0.29, 0.717) is 11.3 Å². The standard InChI is InChI=1S/C20H23N3O3/c1-13(2)22-18(24)16-9-4-5-10-17(16)23-20(26)19(25)21-12-15-8-6-7-14(3)11-15/h4-11,13H,12H2,1-3H3,(H,21,25)(H,22,24)(H,23,26). The molecule has 0 aliphatic carbocycles. The number of amides is 3. The average Bonchev–Trinajstić information content (AvgIpc) is 2.59. The summed E-state index contributed by atoms with van der Waals surface area (Å²) in [5.74, 6) is -1.89. The summed E-state index contributed by atoms with van der Waals surface area (Å²) in [6.07, 6.45) is 0. The van der Waals surface area contributed by atoms with Gasteiger partial charge in [0.05, 0.1) is 11.3 Å². The number of benzene rings is 2. The molecule has 3 amide bonds. The van der Waals surface area contributed by atoms with Crippen LogP contribution in [0, 0.1) is 6.92 Å². The Kier molecular flexibility index (Phi) is 6.49. The number of carbonyl (C=O) groups excluding carboxylic acids is 3. The van der Waals surface area contributed by atoms with E-state index in [4.69, 9.17) is 0 Å². The zero-order chi connectivity index (χ0) is 19.1. The predicted molar refractivity (Wildman–Crippen MR) is 101 cm³/mol. The van der Waals surface area contributed by atoms with Gasteiger partial charge in [-0.1, -0.05) is 42.0 Å². The number of hydrogen-bond donors (Lipinski definition) is 3. The summed E-state index contributed by atoms with van der Waals surface area (Å²) in [7, 11) is 0. The van der Waals surface area contributed by atoms with Crippen molar-refractivity contribution in [2.45, 2.75) is 33.4 Å². The minimum Gasteiger partial charge on any atom is -0.350 e. The number of hydrogen-bond acceptors (Lipinski definition) is 3. The summed E-state index contributed by atoms with van der Waals surface area (Å²) in [6.45, 7) is 5.90. The predicted octanol–water partition coefficient (Wildman–Crippen LogP) is 2.39. The van der Waals surface area contributed by atoms with Crippen molar-refractivity contribution in [1.82, 2.24) is 10.6 Å². The minimum absolute atomic E-state index is 0.0381. The molecular weight excluding hydrogens is 330 g/mol. The van der Waals surface area contributed by atoms with Gasteiger partial charge >= 0.3 is 11.8 Å². The van der Waals surface area contributed by atoms with E-state index in [9.17, 15) is 14.4 Å². The van der Waals surface area contributed by atoms with Gasteiger partial charge < -0.3 is 16.0 Å². The van der Waals surface area contributed by atoms with Crippen LogP contribution in [0.2, 0.25) is 0 Å².